The molecule has 0 saturated heterocycles. The number of aromatic nitrogens is 3. The second kappa shape index (κ2) is 5.69. The standard InChI is InChI=1S/C16H15BrN4/c1-2-4-15(18)12-6-3-5-11(7-12)13-8-14(17)16-19-10-20-21(16)9-13/h3-10H,2,18H2,1H3/b15-4+. The highest BCUT2D eigenvalue weighted by Gasteiger charge is 2.07. The van der Waals surface area contributed by atoms with Crippen LogP contribution in [-0.2, 0) is 0 Å². The van der Waals surface area contributed by atoms with Gasteiger partial charge in [-0.05, 0) is 45.6 Å². The van der Waals surface area contributed by atoms with E-state index in [2.05, 4.69) is 45.1 Å². The van der Waals surface area contributed by atoms with Gasteiger partial charge in [0, 0.05) is 17.5 Å². The van der Waals surface area contributed by atoms with Gasteiger partial charge in [-0.15, -0.1) is 0 Å². The van der Waals surface area contributed by atoms with E-state index in [0.29, 0.717) is 0 Å². The fourth-order valence-electron chi connectivity index (χ4n) is 2.26. The lowest BCUT2D eigenvalue weighted by Crippen LogP contribution is -1.96. The average molecular weight is 343 g/mol. The molecule has 21 heavy (non-hydrogen) atoms. The van der Waals surface area contributed by atoms with E-state index in [1.54, 1.807) is 10.8 Å². The molecular formula is C16H15BrN4. The first-order chi connectivity index (χ1) is 10.2. The number of nitrogens with two attached hydrogens (primary N) is 1. The topological polar surface area (TPSA) is 56.2 Å². The van der Waals surface area contributed by atoms with Crippen molar-refractivity contribution in [3.05, 3.63) is 59.0 Å². The number of hydrogen-bond acceptors (Lipinski definition) is 3. The molecule has 0 aliphatic rings. The third kappa shape index (κ3) is 2.69. The molecule has 106 valence electrons. The largest absolute Gasteiger partial charge is 0.399 e. The molecule has 0 aliphatic heterocycles. The van der Waals surface area contributed by atoms with E-state index in [9.17, 15) is 0 Å². The Balaban J connectivity index is 2.10. The number of halogens is 1. The summed E-state index contributed by atoms with van der Waals surface area (Å²) >= 11 is 3.54. The lowest BCUT2D eigenvalue weighted by molar-refractivity contribution is 0.960. The minimum Gasteiger partial charge on any atom is -0.399 e. The lowest BCUT2D eigenvalue weighted by Gasteiger charge is -2.07. The van der Waals surface area contributed by atoms with E-state index >= 15 is 0 Å². The van der Waals surface area contributed by atoms with Crippen LogP contribution < -0.4 is 5.73 Å². The molecule has 3 aromatic rings. The fraction of sp³-hybridized carbons (Fsp3) is 0.125. The quantitative estimate of drug-likeness (QED) is 0.785. The van der Waals surface area contributed by atoms with E-state index in [4.69, 9.17) is 5.73 Å². The summed E-state index contributed by atoms with van der Waals surface area (Å²) in [6.45, 7) is 2.08. The molecule has 0 bridgehead atoms. The molecule has 0 unspecified atom stereocenters. The molecular weight excluding hydrogens is 328 g/mol. The van der Waals surface area contributed by atoms with Gasteiger partial charge in [0.05, 0.1) is 4.47 Å². The summed E-state index contributed by atoms with van der Waals surface area (Å²) in [7, 11) is 0. The van der Waals surface area contributed by atoms with Gasteiger partial charge in [-0.25, -0.2) is 9.50 Å². The highest BCUT2D eigenvalue weighted by Crippen LogP contribution is 2.27. The van der Waals surface area contributed by atoms with Crippen LogP contribution in [0.2, 0.25) is 0 Å². The van der Waals surface area contributed by atoms with E-state index in [1.807, 2.05) is 30.5 Å². The minimum absolute atomic E-state index is 0.806. The Morgan fingerprint density at radius 3 is 3.00 bits per heavy atom. The Bertz CT molecular complexity index is 820. The van der Waals surface area contributed by atoms with Crippen LogP contribution in [0.3, 0.4) is 0 Å². The molecule has 0 fully saturated rings. The molecule has 2 N–H and O–H groups in total. The first kappa shape index (κ1) is 13.8. The zero-order valence-electron chi connectivity index (χ0n) is 11.6. The summed E-state index contributed by atoms with van der Waals surface area (Å²) < 4.78 is 2.68. The third-order valence-corrected chi connectivity index (χ3v) is 3.87. The zero-order valence-corrected chi connectivity index (χ0v) is 13.2. The normalized spacial score (nSPS) is 12.0. The number of hydrogen-bond donors (Lipinski definition) is 1. The van der Waals surface area contributed by atoms with Crippen LogP contribution in [0.25, 0.3) is 22.5 Å². The molecule has 0 aliphatic carbocycles. The van der Waals surface area contributed by atoms with Gasteiger partial charge in [0.2, 0.25) is 0 Å². The predicted molar refractivity (Wildman–Crippen MR) is 88.6 cm³/mol. The smallest absolute Gasteiger partial charge is 0.169 e. The van der Waals surface area contributed by atoms with Crippen LogP contribution in [0.5, 0.6) is 0 Å². The first-order valence-electron chi connectivity index (χ1n) is 6.74. The van der Waals surface area contributed by atoms with Crippen molar-refractivity contribution in [3.8, 4) is 11.1 Å². The highest BCUT2D eigenvalue weighted by atomic mass is 79.9. The van der Waals surface area contributed by atoms with Crippen molar-refractivity contribution < 1.29 is 0 Å². The first-order valence-corrected chi connectivity index (χ1v) is 7.53. The van der Waals surface area contributed by atoms with E-state index in [-0.39, 0.29) is 0 Å². The minimum atomic E-state index is 0.806. The van der Waals surface area contributed by atoms with Crippen LogP contribution in [0, 0.1) is 0 Å². The maximum atomic E-state index is 6.08. The second-order valence-corrected chi connectivity index (χ2v) is 5.61. The lowest BCUT2D eigenvalue weighted by atomic mass is 10.0. The molecule has 0 amide bonds. The Morgan fingerprint density at radius 1 is 1.33 bits per heavy atom. The van der Waals surface area contributed by atoms with Crippen molar-refractivity contribution in [2.45, 2.75) is 13.3 Å². The zero-order chi connectivity index (χ0) is 14.8. The fourth-order valence-corrected chi connectivity index (χ4v) is 2.79. The summed E-state index contributed by atoms with van der Waals surface area (Å²) in [6, 6.07) is 10.2. The number of nitrogens with zero attached hydrogens (tertiary/aromatic N) is 3. The molecule has 2 aromatic heterocycles. The number of allylic oxidation sites excluding steroid dienone is 1. The van der Waals surface area contributed by atoms with Crippen LogP contribution >= 0.6 is 15.9 Å². The van der Waals surface area contributed by atoms with Crippen molar-refractivity contribution in [2.24, 2.45) is 5.73 Å². The van der Waals surface area contributed by atoms with Gasteiger partial charge in [-0.1, -0.05) is 31.2 Å². The van der Waals surface area contributed by atoms with Gasteiger partial charge in [-0.2, -0.15) is 5.10 Å². The molecule has 0 radical (unpaired) electrons. The molecule has 5 heteroatoms. The summed E-state index contributed by atoms with van der Waals surface area (Å²) in [5.41, 5.74) is 10.9. The van der Waals surface area contributed by atoms with Gasteiger partial charge >= 0.3 is 0 Å². The maximum Gasteiger partial charge on any atom is 0.169 e. The van der Waals surface area contributed by atoms with Gasteiger partial charge in [0.1, 0.15) is 6.33 Å². The summed E-state index contributed by atoms with van der Waals surface area (Å²) in [5.74, 6) is 0. The van der Waals surface area contributed by atoms with E-state index in [0.717, 1.165) is 38.9 Å². The molecule has 0 spiro atoms. The summed E-state index contributed by atoms with van der Waals surface area (Å²) in [4.78, 5) is 4.20. The Hall–Kier alpha value is -2.14. The van der Waals surface area contributed by atoms with Crippen molar-refractivity contribution in [3.63, 3.8) is 0 Å². The predicted octanol–water partition coefficient (Wildman–Crippen LogP) is 3.87. The van der Waals surface area contributed by atoms with Crippen LogP contribution in [0.1, 0.15) is 18.9 Å². The van der Waals surface area contributed by atoms with E-state index < -0.39 is 0 Å². The molecule has 1 aromatic carbocycles. The van der Waals surface area contributed by atoms with Gasteiger partial charge in [-0.3, -0.25) is 0 Å². The molecule has 3 rings (SSSR count). The Labute approximate surface area is 131 Å². The van der Waals surface area contributed by atoms with Crippen molar-refractivity contribution >= 4 is 27.3 Å². The number of rotatable bonds is 3. The summed E-state index contributed by atoms with van der Waals surface area (Å²) in [6.07, 6.45) is 6.45. The van der Waals surface area contributed by atoms with Gasteiger partial charge in [0.25, 0.3) is 0 Å². The van der Waals surface area contributed by atoms with Crippen LogP contribution in [0.15, 0.2) is 53.4 Å². The van der Waals surface area contributed by atoms with Crippen molar-refractivity contribution in [1.82, 2.24) is 14.6 Å². The summed E-state index contributed by atoms with van der Waals surface area (Å²) in [5, 5.41) is 4.19. The molecule has 0 saturated carbocycles. The molecule has 4 nitrogen and oxygen atoms in total. The number of pyridine rings is 1. The van der Waals surface area contributed by atoms with E-state index in [1.165, 1.54) is 0 Å². The van der Waals surface area contributed by atoms with Crippen LogP contribution in [0.4, 0.5) is 0 Å². The Morgan fingerprint density at radius 2 is 2.19 bits per heavy atom. The van der Waals surface area contributed by atoms with Gasteiger partial charge in [0.15, 0.2) is 5.65 Å². The number of benzene rings is 1. The Kier molecular flexibility index (Phi) is 3.75. The second-order valence-electron chi connectivity index (χ2n) is 4.75. The van der Waals surface area contributed by atoms with Crippen molar-refractivity contribution in [2.75, 3.05) is 0 Å². The number of fused-ring (bicyclic) bond motifs is 1. The molecule has 2 heterocycles. The van der Waals surface area contributed by atoms with Crippen molar-refractivity contribution in [1.29, 1.82) is 0 Å². The maximum absolute atomic E-state index is 6.08. The highest BCUT2D eigenvalue weighted by molar-refractivity contribution is 9.10. The third-order valence-electron chi connectivity index (χ3n) is 3.28. The van der Waals surface area contributed by atoms with Crippen LogP contribution in [-0.4, -0.2) is 14.6 Å². The monoisotopic (exact) mass is 342 g/mol. The average Bonchev–Trinajstić information content (AvgIpc) is 2.96. The van der Waals surface area contributed by atoms with Gasteiger partial charge < -0.3 is 5.73 Å². The molecule has 0 atom stereocenters. The SMILES string of the molecule is CC/C=C(/N)c1cccc(-c2cc(Br)c3ncnn3c2)c1.